The van der Waals surface area contributed by atoms with Crippen LogP contribution < -0.4 is 5.32 Å². The van der Waals surface area contributed by atoms with Crippen LogP contribution in [-0.4, -0.2) is 43.8 Å². The molecule has 0 aliphatic carbocycles. The first kappa shape index (κ1) is 17.1. The fourth-order valence-corrected chi connectivity index (χ4v) is 2.22. The van der Waals surface area contributed by atoms with Crippen LogP contribution in [0.1, 0.15) is 12.0 Å². The Bertz CT molecular complexity index is 584. The molecular formula is C13H17NO6S. The molecule has 1 atom stereocenters. The molecule has 0 aromatic heterocycles. The Morgan fingerprint density at radius 1 is 1.29 bits per heavy atom. The van der Waals surface area contributed by atoms with E-state index < -0.39 is 33.8 Å². The molecule has 0 unspecified atom stereocenters. The number of ether oxygens (including phenoxy) is 1. The van der Waals surface area contributed by atoms with Gasteiger partial charge in [0.05, 0.1) is 19.3 Å². The van der Waals surface area contributed by atoms with Crippen LogP contribution in [-0.2, 0) is 30.9 Å². The molecule has 0 aliphatic heterocycles. The summed E-state index contributed by atoms with van der Waals surface area (Å²) in [4.78, 5) is 23.3. The third-order valence-corrected chi connectivity index (χ3v) is 3.44. The number of hydrogen-bond donors (Lipinski definition) is 2. The number of carbonyl (C=O) groups is 2. The molecular weight excluding hydrogens is 298 g/mol. The Morgan fingerprint density at radius 3 is 2.43 bits per heavy atom. The summed E-state index contributed by atoms with van der Waals surface area (Å²) in [6, 6.07) is 7.76. The molecule has 116 valence electrons. The third kappa shape index (κ3) is 6.87. The molecule has 7 nitrogen and oxygen atoms in total. The molecule has 1 rings (SSSR count). The molecule has 1 aromatic carbocycles. The smallest absolute Gasteiger partial charge is 0.328 e. The van der Waals surface area contributed by atoms with E-state index in [2.05, 4.69) is 10.1 Å². The summed E-state index contributed by atoms with van der Waals surface area (Å²) in [5, 5.41) is 2.40. The molecule has 0 radical (unpaired) electrons. The Morgan fingerprint density at radius 2 is 1.90 bits per heavy atom. The standard InChI is InChI=1S/C13H17NO6S/c1-20-13(16)11(7-8-21(17,18)19)14-12(15)9-10-5-3-2-4-6-10/h2-6,11H,7-9H2,1H3,(H,14,15)(H,17,18,19)/t11-/m0/s1. The highest BCUT2D eigenvalue weighted by molar-refractivity contribution is 7.85. The summed E-state index contributed by atoms with van der Waals surface area (Å²) in [6.45, 7) is 0. The van der Waals surface area contributed by atoms with Gasteiger partial charge in [0.15, 0.2) is 0 Å². The molecule has 0 fully saturated rings. The highest BCUT2D eigenvalue weighted by Crippen LogP contribution is 2.02. The minimum absolute atomic E-state index is 0.0558. The number of amides is 1. The van der Waals surface area contributed by atoms with E-state index in [1.165, 1.54) is 0 Å². The first-order valence-electron chi connectivity index (χ1n) is 6.18. The van der Waals surface area contributed by atoms with Crippen LogP contribution in [0.5, 0.6) is 0 Å². The summed E-state index contributed by atoms with van der Waals surface area (Å²) in [5.74, 6) is -1.84. The van der Waals surface area contributed by atoms with Crippen molar-refractivity contribution in [3.8, 4) is 0 Å². The molecule has 0 saturated heterocycles. The predicted molar refractivity (Wildman–Crippen MR) is 75.1 cm³/mol. The minimum Gasteiger partial charge on any atom is -0.467 e. The summed E-state index contributed by atoms with van der Waals surface area (Å²) < 4.78 is 34.6. The van der Waals surface area contributed by atoms with Crippen LogP contribution in [0.3, 0.4) is 0 Å². The maximum atomic E-state index is 11.8. The first-order valence-corrected chi connectivity index (χ1v) is 7.79. The van der Waals surface area contributed by atoms with Crippen molar-refractivity contribution in [1.82, 2.24) is 5.32 Å². The molecule has 2 N–H and O–H groups in total. The van der Waals surface area contributed by atoms with Crippen molar-refractivity contribution in [2.75, 3.05) is 12.9 Å². The Kier molecular flexibility index (Phi) is 6.32. The maximum Gasteiger partial charge on any atom is 0.328 e. The van der Waals surface area contributed by atoms with E-state index in [0.717, 1.165) is 12.7 Å². The molecule has 21 heavy (non-hydrogen) atoms. The van der Waals surface area contributed by atoms with Gasteiger partial charge in [-0.25, -0.2) is 4.79 Å². The van der Waals surface area contributed by atoms with Gasteiger partial charge in [-0.3, -0.25) is 9.35 Å². The lowest BCUT2D eigenvalue weighted by atomic mass is 10.1. The summed E-state index contributed by atoms with van der Waals surface area (Å²) in [6.07, 6.45) is -0.202. The van der Waals surface area contributed by atoms with Crippen molar-refractivity contribution in [3.63, 3.8) is 0 Å². The van der Waals surface area contributed by atoms with Crippen LogP contribution in [0.15, 0.2) is 30.3 Å². The highest BCUT2D eigenvalue weighted by atomic mass is 32.2. The van der Waals surface area contributed by atoms with Crippen molar-refractivity contribution < 1.29 is 27.3 Å². The highest BCUT2D eigenvalue weighted by Gasteiger charge is 2.23. The molecule has 1 aromatic rings. The van der Waals surface area contributed by atoms with Crippen LogP contribution in [0, 0.1) is 0 Å². The van der Waals surface area contributed by atoms with E-state index in [-0.39, 0.29) is 12.8 Å². The van der Waals surface area contributed by atoms with Gasteiger partial charge in [-0.1, -0.05) is 30.3 Å². The maximum absolute atomic E-state index is 11.8. The molecule has 8 heteroatoms. The SMILES string of the molecule is COC(=O)[C@H](CCS(=O)(=O)O)NC(=O)Cc1ccccc1. The first-order chi connectivity index (χ1) is 9.81. The van der Waals surface area contributed by atoms with Gasteiger partial charge in [0.1, 0.15) is 6.04 Å². The van der Waals surface area contributed by atoms with Gasteiger partial charge >= 0.3 is 5.97 Å². The van der Waals surface area contributed by atoms with Crippen molar-refractivity contribution in [2.24, 2.45) is 0 Å². The molecule has 0 heterocycles. The Hall–Kier alpha value is -1.93. The van der Waals surface area contributed by atoms with Gasteiger partial charge in [-0.05, 0) is 12.0 Å². The second-order valence-corrected chi connectivity index (χ2v) is 5.95. The van der Waals surface area contributed by atoms with Crippen molar-refractivity contribution >= 4 is 22.0 Å². The van der Waals surface area contributed by atoms with E-state index in [4.69, 9.17) is 4.55 Å². The summed E-state index contributed by atoms with van der Waals surface area (Å²) >= 11 is 0. The number of esters is 1. The molecule has 0 aliphatic rings. The number of nitrogens with one attached hydrogen (secondary N) is 1. The lowest BCUT2D eigenvalue weighted by Gasteiger charge is -2.15. The van der Waals surface area contributed by atoms with Crippen LogP contribution in [0.4, 0.5) is 0 Å². The number of rotatable bonds is 7. The lowest BCUT2D eigenvalue weighted by molar-refractivity contribution is -0.145. The molecule has 0 spiro atoms. The van der Waals surface area contributed by atoms with E-state index in [9.17, 15) is 18.0 Å². The topological polar surface area (TPSA) is 110 Å². The van der Waals surface area contributed by atoms with Crippen LogP contribution in [0.25, 0.3) is 0 Å². The molecule has 1 amide bonds. The monoisotopic (exact) mass is 315 g/mol. The van der Waals surface area contributed by atoms with Gasteiger partial charge in [0.25, 0.3) is 10.1 Å². The van der Waals surface area contributed by atoms with Crippen molar-refractivity contribution in [3.05, 3.63) is 35.9 Å². The zero-order valence-corrected chi connectivity index (χ0v) is 12.3. The largest absolute Gasteiger partial charge is 0.467 e. The lowest BCUT2D eigenvalue weighted by Crippen LogP contribution is -2.43. The molecule has 0 saturated carbocycles. The summed E-state index contributed by atoms with van der Waals surface area (Å²) in [5.41, 5.74) is 0.758. The van der Waals surface area contributed by atoms with Gasteiger partial charge in [0.2, 0.25) is 5.91 Å². The zero-order chi connectivity index (χ0) is 15.9. The third-order valence-electron chi connectivity index (χ3n) is 2.69. The summed E-state index contributed by atoms with van der Waals surface area (Å²) in [7, 11) is -3.08. The van der Waals surface area contributed by atoms with Gasteiger partial charge in [-0.2, -0.15) is 8.42 Å². The van der Waals surface area contributed by atoms with Gasteiger partial charge in [0, 0.05) is 0 Å². The Labute approximate surface area is 123 Å². The average molecular weight is 315 g/mol. The van der Waals surface area contributed by atoms with Crippen LogP contribution in [0.2, 0.25) is 0 Å². The van der Waals surface area contributed by atoms with Crippen LogP contribution >= 0.6 is 0 Å². The fraction of sp³-hybridized carbons (Fsp3) is 0.385. The number of carbonyl (C=O) groups excluding carboxylic acids is 2. The van der Waals surface area contributed by atoms with E-state index in [1.807, 2.05) is 6.07 Å². The Balaban J connectivity index is 2.63. The quantitative estimate of drug-likeness (QED) is 0.548. The van der Waals surface area contributed by atoms with E-state index in [0.29, 0.717) is 0 Å². The van der Waals surface area contributed by atoms with E-state index in [1.54, 1.807) is 24.3 Å². The number of benzene rings is 1. The average Bonchev–Trinajstić information content (AvgIpc) is 2.42. The van der Waals surface area contributed by atoms with E-state index >= 15 is 0 Å². The van der Waals surface area contributed by atoms with Gasteiger partial charge < -0.3 is 10.1 Å². The minimum atomic E-state index is -4.21. The van der Waals surface area contributed by atoms with Crippen molar-refractivity contribution in [1.29, 1.82) is 0 Å². The number of methoxy groups -OCH3 is 1. The normalized spacial score (nSPS) is 12.5. The second kappa shape index (κ2) is 7.75. The number of hydrogen-bond acceptors (Lipinski definition) is 5. The fourth-order valence-electron chi connectivity index (χ4n) is 1.68. The molecule has 0 bridgehead atoms. The predicted octanol–water partition coefficient (Wildman–Crippen LogP) is 0.165. The van der Waals surface area contributed by atoms with Crippen molar-refractivity contribution in [2.45, 2.75) is 18.9 Å². The van der Waals surface area contributed by atoms with Gasteiger partial charge in [-0.15, -0.1) is 0 Å². The zero-order valence-electron chi connectivity index (χ0n) is 11.5. The second-order valence-electron chi connectivity index (χ2n) is 4.38.